The van der Waals surface area contributed by atoms with E-state index in [1.165, 1.54) is 31.0 Å². The van der Waals surface area contributed by atoms with Crippen LogP contribution in [0.2, 0.25) is 0 Å². The molecule has 8 heteroatoms. The second-order valence-corrected chi connectivity index (χ2v) is 8.75. The number of anilines is 2. The maximum Gasteiger partial charge on any atom is 0.237 e. The summed E-state index contributed by atoms with van der Waals surface area (Å²) in [5, 5.41) is 9.63. The van der Waals surface area contributed by atoms with Crippen molar-refractivity contribution in [3.63, 3.8) is 0 Å². The van der Waals surface area contributed by atoms with Crippen LogP contribution in [0.15, 0.2) is 35.5 Å². The molecule has 4 rings (SSSR count). The number of ether oxygens (including phenoxy) is 1. The van der Waals surface area contributed by atoms with Crippen LogP contribution in [-0.4, -0.2) is 58.8 Å². The molecule has 30 heavy (non-hydrogen) atoms. The van der Waals surface area contributed by atoms with Crippen molar-refractivity contribution in [2.24, 2.45) is 0 Å². The van der Waals surface area contributed by atoms with Gasteiger partial charge in [0.1, 0.15) is 0 Å². The number of benzene rings is 1. The second kappa shape index (κ2) is 10.3. The number of hydrogen-bond acceptors (Lipinski definition) is 6. The first-order chi connectivity index (χ1) is 14.8. The lowest BCUT2D eigenvalue weighted by atomic mass is 9.93. The van der Waals surface area contributed by atoms with Crippen molar-refractivity contribution < 1.29 is 9.53 Å². The standard InChI is InChI=1S/C22H31N5O2S/c1-2-26-21(25-13-15-29-16-14-25)23-24-22(26)30-17-20(28)27(18-9-5-3-6-10-18)19-11-7-4-8-12-19/h3,5-6,9-10,19H,2,4,7-8,11-17H2,1H3. The molecule has 0 spiro atoms. The summed E-state index contributed by atoms with van der Waals surface area (Å²) in [6.45, 7) is 5.95. The average molecular weight is 430 g/mol. The highest BCUT2D eigenvalue weighted by Gasteiger charge is 2.27. The molecule has 1 saturated carbocycles. The van der Waals surface area contributed by atoms with Gasteiger partial charge >= 0.3 is 0 Å². The van der Waals surface area contributed by atoms with Crippen LogP contribution in [0.25, 0.3) is 0 Å². The van der Waals surface area contributed by atoms with Crippen molar-refractivity contribution in [1.82, 2.24) is 14.8 Å². The maximum absolute atomic E-state index is 13.3. The molecule has 1 aromatic heterocycles. The van der Waals surface area contributed by atoms with E-state index in [4.69, 9.17) is 4.74 Å². The predicted molar refractivity (Wildman–Crippen MR) is 120 cm³/mol. The largest absolute Gasteiger partial charge is 0.378 e. The molecule has 0 N–H and O–H groups in total. The third-order valence-electron chi connectivity index (χ3n) is 5.88. The highest BCUT2D eigenvalue weighted by atomic mass is 32.2. The number of amides is 1. The van der Waals surface area contributed by atoms with Crippen LogP contribution in [0.4, 0.5) is 11.6 Å². The molecule has 1 aromatic carbocycles. The lowest BCUT2D eigenvalue weighted by Crippen LogP contribution is -2.42. The Kier molecular flexibility index (Phi) is 7.28. The van der Waals surface area contributed by atoms with Crippen LogP contribution in [0.1, 0.15) is 39.0 Å². The van der Waals surface area contributed by atoms with E-state index in [0.717, 1.165) is 49.3 Å². The molecule has 1 saturated heterocycles. The van der Waals surface area contributed by atoms with Gasteiger partial charge in [0.2, 0.25) is 11.9 Å². The molecule has 2 heterocycles. The molecule has 1 amide bonds. The van der Waals surface area contributed by atoms with Gasteiger partial charge in [-0.3, -0.25) is 9.36 Å². The number of rotatable bonds is 7. The zero-order chi connectivity index (χ0) is 20.8. The Balaban J connectivity index is 1.47. The van der Waals surface area contributed by atoms with Crippen LogP contribution in [-0.2, 0) is 16.1 Å². The van der Waals surface area contributed by atoms with Gasteiger partial charge in [-0.15, -0.1) is 10.2 Å². The van der Waals surface area contributed by atoms with Gasteiger partial charge in [-0.05, 0) is 31.9 Å². The zero-order valence-corrected chi connectivity index (χ0v) is 18.5. The highest BCUT2D eigenvalue weighted by molar-refractivity contribution is 7.99. The van der Waals surface area contributed by atoms with Crippen molar-refractivity contribution in [2.75, 3.05) is 41.9 Å². The van der Waals surface area contributed by atoms with Crippen molar-refractivity contribution >= 4 is 29.3 Å². The number of thioether (sulfide) groups is 1. The topological polar surface area (TPSA) is 63.5 Å². The van der Waals surface area contributed by atoms with Crippen molar-refractivity contribution in [3.05, 3.63) is 30.3 Å². The molecule has 2 aliphatic rings. The minimum Gasteiger partial charge on any atom is -0.378 e. The number of aromatic nitrogens is 3. The Bertz CT molecular complexity index is 816. The number of morpholine rings is 1. The molecule has 2 aromatic rings. The van der Waals surface area contributed by atoms with E-state index in [0.29, 0.717) is 25.0 Å². The number of hydrogen-bond donors (Lipinski definition) is 0. The van der Waals surface area contributed by atoms with Gasteiger partial charge in [-0.2, -0.15) is 0 Å². The summed E-state index contributed by atoms with van der Waals surface area (Å²) in [5.74, 6) is 1.40. The fraction of sp³-hybridized carbons (Fsp3) is 0.591. The minimum absolute atomic E-state index is 0.150. The lowest BCUT2D eigenvalue weighted by molar-refractivity contribution is -0.116. The third kappa shape index (κ3) is 4.81. The average Bonchev–Trinajstić information content (AvgIpc) is 3.23. The van der Waals surface area contributed by atoms with E-state index < -0.39 is 0 Å². The van der Waals surface area contributed by atoms with E-state index in [-0.39, 0.29) is 5.91 Å². The molecule has 7 nitrogen and oxygen atoms in total. The normalized spacial score (nSPS) is 17.8. The Morgan fingerprint density at radius 3 is 2.57 bits per heavy atom. The SMILES string of the molecule is CCn1c(SCC(=O)N(c2ccccc2)C2CCCCC2)nnc1N1CCOCC1. The summed E-state index contributed by atoms with van der Waals surface area (Å²) in [6.07, 6.45) is 5.82. The molecule has 2 fully saturated rings. The Morgan fingerprint density at radius 1 is 1.13 bits per heavy atom. The molecule has 162 valence electrons. The zero-order valence-electron chi connectivity index (χ0n) is 17.7. The Labute approximate surface area is 182 Å². The first kappa shape index (κ1) is 21.2. The van der Waals surface area contributed by atoms with Crippen LogP contribution < -0.4 is 9.80 Å². The highest BCUT2D eigenvalue weighted by Crippen LogP contribution is 2.29. The quantitative estimate of drug-likeness (QED) is 0.627. The fourth-order valence-corrected chi connectivity index (χ4v) is 5.20. The predicted octanol–water partition coefficient (Wildman–Crippen LogP) is 3.59. The number of carbonyl (C=O) groups is 1. The minimum atomic E-state index is 0.150. The monoisotopic (exact) mass is 429 g/mol. The fourth-order valence-electron chi connectivity index (χ4n) is 4.34. The summed E-state index contributed by atoms with van der Waals surface area (Å²) in [6, 6.07) is 10.4. The molecule has 0 atom stereocenters. The lowest BCUT2D eigenvalue weighted by Gasteiger charge is -2.34. The van der Waals surface area contributed by atoms with E-state index >= 15 is 0 Å². The van der Waals surface area contributed by atoms with Crippen molar-refractivity contribution in [3.8, 4) is 0 Å². The summed E-state index contributed by atoms with van der Waals surface area (Å²) < 4.78 is 7.56. The molecular weight excluding hydrogens is 398 g/mol. The van der Waals surface area contributed by atoms with E-state index in [2.05, 4.69) is 26.6 Å². The molecule has 1 aliphatic carbocycles. The van der Waals surface area contributed by atoms with E-state index in [1.807, 2.05) is 35.2 Å². The summed E-state index contributed by atoms with van der Waals surface area (Å²) in [7, 11) is 0. The van der Waals surface area contributed by atoms with E-state index in [1.54, 1.807) is 0 Å². The first-order valence-electron chi connectivity index (χ1n) is 11.0. The van der Waals surface area contributed by atoms with Gasteiger partial charge in [0.25, 0.3) is 0 Å². The van der Waals surface area contributed by atoms with E-state index in [9.17, 15) is 4.79 Å². The molecule has 1 aliphatic heterocycles. The van der Waals surface area contributed by atoms with Crippen molar-refractivity contribution in [2.45, 2.75) is 56.8 Å². The molecule has 0 bridgehead atoms. The van der Waals surface area contributed by atoms with Crippen LogP contribution in [0, 0.1) is 0 Å². The number of para-hydroxylation sites is 1. The van der Waals surface area contributed by atoms with Crippen molar-refractivity contribution in [1.29, 1.82) is 0 Å². The smallest absolute Gasteiger partial charge is 0.237 e. The number of carbonyl (C=O) groups excluding carboxylic acids is 1. The Morgan fingerprint density at radius 2 is 1.87 bits per heavy atom. The third-order valence-corrected chi connectivity index (χ3v) is 6.83. The maximum atomic E-state index is 13.3. The van der Waals surface area contributed by atoms with Gasteiger partial charge in [0, 0.05) is 31.4 Å². The van der Waals surface area contributed by atoms with Gasteiger partial charge in [-0.1, -0.05) is 49.2 Å². The van der Waals surface area contributed by atoms with Gasteiger partial charge in [0.15, 0.2) is 5.16 Å². The van der Waals surface area contributed by atoms with Crippen LogP contribution in [0.3, 0.4) is 0 Å². The molecular formula is C22H31N5O2S. The number of nitrogens with zero attached hydrogens (tertiary/aromatic N) is 5. The molecule has 0 radical (unpaired) electrons. The summed E-state index contributed by atoms with van der Waals surface area (Å²) >= 11 is 1.49. The molecule has 0 unspecified atom stereocenters. The van der Waals surface area contributed by atoms with Gasteiger partial charge in [0.05, 0.1) is 19.0 Å². The summed E-state index contributed by atoms with van der Waals surface area (Å²) in [5.41, 5.74) is 1.00. The Hall–Kier alpha value is -2.06. The van der Waals surface area contributed by atoms with Gasteiger partial charge < -0.3 is 14.5 Å². The van der Waals surface area contributed by atoms with Crippen LogP contribution in [0.5, 0.6) is 0 Å². The van der Waals surface area contributed by atoms with Crippen LogP contribution >= 0.6 is 11.8 Å². The van der Waals surface area contributed by atoms with Gasteiger partial charge in [-0.25, -0.2) is 0 Å². The second-order valence-electron chi connectivity index (χ2n) is 7.81. The summed E-state index contributed by atoms with van der Waals surface area (Å²) in [4.78, 5) is 17.6. The first-order valence-corrected chi connectivity index (χ1v) is 12.0.